The van der Waals surface area contributed by atoms with Gasteiger partial charge in [-0.05, 0) is 70.2 Å². The van der Waals surface area contributed by atoms with Gasteiger partial charge in [0.15, 0.2) is 0 Å². The summed E-state index contributed by atoms with van der Waals surface area (Å²) in [6.07, 6.45) is 0. The minimum Gasteiger partial charge on any atom is -0.480 e. The molecule has 0 saturated carbocycles. The van der Waals surface area contributed by atoms with Gasteiger partial charge in [-0.1, -0.05) is 132 Å². The maximum Gasteiger partial charge on any atom is 0.327 e. The largest absolute Gasteiger partial charge is 0.480 e. The van der Waals surface area contributed by atoms with E-state index in [1.807, 2.05) is 0 Å². The van der Waals surface area contributed by atoms with Crippen molar-refractivity contribution in [3.63, 3.8) is 0 Å². The zero-order valence-electron chi connectivity index (χ0n) is 44.7. The van der Waals surface area contributed by atoms with E-state index < -0.39 is 117 Å². The SMILES string of the molecule is CC(C)(C)[C@H](C(=O)O)N1C(=O)c2ccccc2C1=O.CC(C)(C)[C@H](C(=O)O)N1C(=O)c2ccccc2C1=O.CC(C)(C)[C@H](C(=O)O)N1C(=O)c2ccccc2C1=O.CC(C)(C)[C@H](C(=O)O)N1C(=O)c2ccccc2C1=O.[Rh].[Rh]. The third-order valence-corrected chi connectivity index (χ3v) is 12.6. The number of hydrogen-bond acceptors (Lipinski definition) is 12. The summed E-state index contributed by atoms with van der Waals surface area (Å²) < 4.78 is 0. The number of fused-ring (bicyclic) bond motifs is 4. The van der Waals surface area contributed by atoms with Gasteiger partial charge in [0.25, 0.3) is 47.3 Å². The Morgan fingerprint density at radius 3 is 0.462 bits per heavy atom. The predicted molar refractivity (Wildman–Crippen MR) is 271 cm³/mol. The van der Waals surface area contributed by atoms with Crippen LogP contribution in [0.2, 0.25) is 0 Å². The first-order valence-electron chi connectivity index (χ1n) is 23.8. The van der Waals surface area contributed by atoms with Crippen molar-refractivity contribution in [1.29, 1.82) is 0 Å². The molecule has 0 fully saturated rings. The molecule has 418 valence electrons. The number of amides is 8. The molecule has 0 aliphatic carbocycles. The van der Waals surface area contributed by atoms with E-state index in [2.05, 4.69) is 0 Å². The molecule has 0 unspecified atom stereocenters. The van der Waals surface area contributed by atoms with E-state index >= 15 is 0 Å². The molecule has 4 aliphatic heterocycles. The Labute approximate surface area is 475 Å². The molecule has 8 rings (SSSR count). The van der Waals surface area contributed by atoms with Crippen LogP contribution in [0.25, 0.3) is 0 Å². The van der Waals surface area contributed by atoms with E-state index in [9.17, 15) is 78.0 Å². The molecule has 0 bridgehead atoms. The zero-order chi connectivity index (χ0) is 57.5. The van der Waals surface area contributed by atoms with E-state index in [4.69, 9.17) is 0 Å². The number of hydrogen-bond donors (Lipinski definition) is 4. The molecule has 4 N–H and O–H groups in total. The molecule has 0 spiro atoms. The van der Waals surface area contributed by atoms with Crippen molar-refractivity contribution < 1.29 is 117 Å². The number of carboxylic acid groups (broad SMARTS) is 4. The third kappa shape index (κ3) is 12.8. The number of carbonyl (C=O) groups is 12. The Balaban J connectivity index is 0.000000271. The third-order valence-electron chi connectivity index (χ3n) is 12.6. The maximum atomic E-state index is 12.2. The molecule has 20 nitrogen and oxygen atoms in total. The monoisotopic (exact) mass is 1250 g/mol. The van der Waals surface area contributed by atoms with Crippen LogP contribution in [0.4, 0.5) is 0 Å². The fourth-order valence-electron chi connectivity index (χ4n) is 9.24. The topological polar surface area (TPSA) is 299 Å². The second-order valence-corrected chi connectivity index (χ2v) is 22.5. The summed E-state index contributed by atoms with van der Waals surface area (Å²) in [5, 5.41) is 37.4. The van der Waals surface area contributed by atoms with Crippen molar-refractivity contribution >= 4 is 71.1 Å². The normalized spacial score (nSPS) is 16.1. The fourth-order valence-corrected chi connectivity index (χ4v) is 9.24. The average Bonchev–Trinajstić information content (AvgIpc) is 3.90. The molecule has 4 aromatic rings. The van der Waals surface area contributed by atoms with E-state index in [1.165, 1.54) is 48.5 Å². The molecule has 8 amide bonds. The fraction of sp³-hybridized carbons (Fsp3) is 0.357. The number of carbonyl (C=O) groups excluding carboxylic acids is 8. The van der Waals surface area contributed by atoms with Gasteiger partial charge in [-0.3, -0.25) is 58.0 Å². The van der Waals surface area contributed by atoms with Crippen LogP contribution in [0, 0.1) is 21.7 Å². The van der Waals surface area contributed by atoms with E-state index in [0.717, 1.165) is 19.6 Å². The second kappa shape index (κ2) is 24.1. The van der Waals surface area contributed by atoms with Crippen molar-refractivity contribution in [2.75, 3.05) is 0 Å². The van der Waals surface area contributed by atoms with Crippen LogP contribution >= 0.6 is 0 Å². The molecule has 4 aromatic carbocycles. The Bertz CT molecular complexity index is 2570. The van der Waals surface area contributed by atoms with Gasteiger partial charge in [-0.2, -0.15) is 0 Å². The van der Waals surface area contributed by atoms with Gasteiger partial charge >= 0.3 is 23.9 Å². The summed E-state index contributed by atoms with van der Waals surface area (Å²) in [6, 6.07) is 20.8. The van der Waals surface area contributed by atoms with E-state index in [1.54, 1.807) is 132 Å². The summed E-state index contributed by atoms with van der Waals surface area (Å²) in [4.78, 5) is 147. The minimum atomic E-state index is -1.18. The standard InChI is InChI=1S/4C14H15NO4.2Rh/c4*1-14(2,3)10(13(18)19)15-11(16)8-6-4-5-7-9(8)12(15)17;;/h4*4-7,10H,1-3H3,(H,18,19);;/t4*10-;;/m0000../s1. The van der Waals surface area contributed by atoms with Gasteiger partial charge in [0.1, 0.15) is 24.2 Å². The van der Waals surface area contributed by atoms with Crippen LogP contribution in [-0.4, -0.2) is 135 Å². The van der Waals surface area contributed by atoms with Gasteiger partial charge in [0.05, 0.1) is 44.5 Å². The molecule has 4 atom stereocenters. The first kappa shape index (κ1) is 64.9. The summed E-state index contributed by atoms with van der Waals surface area (Å²) in [5.41, 5.74) is -0.814. The molecule has 0 aromatic heterocycles. The number of imide groups is 4. The molecular weight excluding hydrogens is 1190 g/mol. The van der Waals surface area contributed by atoms with Crippen molar-refractivity contribution in [2.24, 2.45) is 21.7 Å². The van der Waals surface area contributed by atoms with Crippen LogP contribution in [0.5, 0.6) is 0 Å². The average molecular weight is 1250 g/mol. The van der Waals surface area contributed by atoms with Gasteiger partial charge in [0.2, 0.25) is 0 Å². The first-order valence-corrected chi connectivity index (χ1v) is 23.8. The Morgan fingerprint density at radius 2 is 0.385 bits per heavy atom. The van der Waals surface area contributed by atoms with Crippen LogP contribution in [-0.2, 0) is 58.1 Å². The van der Waals surface area contributed by atoms with Crippen molar-refractivity contribution in [3.05, 3.63) is 142 Å². The number of carboxylic acids is 4. The smallest absolute Gasteiger partial charge is 0.327 e. The summed E-state index contributed by atoms with van der Waals surface area (Å²) in [6.45, 7) is 20.3. The van der Waals surface area contributed by atoms with Gasteiger partial charge < -0.3 is 20.4 Å². The molecule has 22 heteroatoms. The molecule has 0 saturated heterocycles. The molecule has 4 heterocycles. The Kier molecular flexibility index (Phi) is 20.0. The van der Waals surface area contributed by atoms with Gasteiger partial charge in [-0.25, -0.2) is 19.2 Å². The number of nitrogens with zero attached hydrogens (tertiary/aromatic N) is 4. The van der Waals surface area contributed by atoms with Crippen LogP contribution in [0.3, 0.4) is 0 Å². The molecular formula is C56H60N4O16Rh2. The van der Waals surface area contributed by atoms with Gasteiger partial charge in [0, 0.05) is 39.0 Å². The number of benzene rings is 4. The van der Waals surface area contributed by atoms with E-state index in [0.29, 0.717) is 0 Å². The second-order valence-electron chi connectivity index (χ2n) is 22.5. The van der Waals surface area contributed by atoms with Gasteiger partial charge in [-0.15, -0.1) is 0 Å². The quantitative estimate of drug-likeness (QED) is 0.101. The summed E-state index contributed by atoms with van der Waals surface area (Å²) >= 11 is 0. The zero-order valence-corrected chi connectivity index (χ0v) is 48.0. The number of rotatable bonds is 8. The Hall–Kier alpha value is -7.43. The summed E-state index contributed by atoms with van der Waals surface area (Å²) in [7, 11) is 0. The van der Waals surface area contributed by atoms with E-state index in [-0.39, 0.29) is 83.5 Å². The molecule has 4 aliphatic rings. The van der Waals surface area contributed by atoms with Crippen LogP contribution in [0.15, 0.2) is 97.1 Å². The van der Waals surface area contributed by atoms with Crippen molar-refractivity contribution in [1.82, 2.24) is 19.6 Å². The van der Waals surface area contributed by atoms with Crippen LogP contribution < -0.4 is 0 Å². The van der Waals surface area contributed by atoms with Crippen molar-refractivity contribution in [3.8, 4) is 0 Å². The summed E-state index contributed by atoms with van der Waals surface area (Å²) in [5.74, 6) is -9.03. The minimum absolute atomic E-state index is 0. The van der Waals surface area contributed by atoms with Crippen LogP contribution in [0.1, 0.15) is 166 Å². The molecule has 2 radical (unpaired) electrons. The maximum absolute atomic E-state index is 12.2. The number of aliphatic carboxylic acids is 4. The Morgan fingerprint density at radius 1 is 0.282 bits per heavy atom. The predicted octanol–water partition coefficient (Wildman–Crippen LogP) is 7.12. The first-order chi connectivity index (χ1) is 35.0. The van der Waals surface area contributed by atoms with Crippen molar-refractivity contribution in [2.45, 2.75) is 107 Å². The molecule has 78 heavy (non-hydrogen) atoms.